The summed E-state index contributed by atoms with van der Waals surface area (Å²) < 4.78 is 15.7. The minimum Gasteiger partial charge on any atom is -0.490 e. The second-order valence-electron chi connectivity index (χ2n) is 10.1. The molecule has 0 spiro atoms. The zero-order valence-electron chi connectivity index (χ0n) is 25.4. The molecule has 0 saturated heterocycles. The molecule has 1 aliphatic heterocycles. The number of amides is 3. The van der Waals surface area contributed by atoms with E-state index in [1.807, 2.05) is 39.8 Å². The number of hydrogen-bond donors (Lipinski definition) is 3. The van der Waals surface area contributed by atoms with Crippen molar-refractivity contribution in [2.24, 2.45) is 11.8 Å². The molecule has 232 valence electrons. The third kappa shape index (κ3) is 14.2. The van der Waals surface area contributed by atoms with Crippen molar-refractivity contribution < 1.29 is 33.4 Å². The van der Waals surface area contributed by atoms with Crippen molar-refractivity contribution in [3.63, 3.8) is 0 Å². The van der Waals surface area contributed by atoms with E-state index in [1.165, 1.54) is 26.4 Å². The second-order valence-corrected chi connectivity index (χ2v) is 10.7. The van der Waals surface area contributed by atoms with Crippen LogP contribution < -0.4 is 16.0 Å². The van der Waals surface area contributed by atoms with Crippen LogP contribution in [0.5, 0.6) is 0 Å². The fourth-order valence-electron chi connectivity index (χ4n) is 3.85. The molecule has 10 nitrogen and oxygen atoms in total. The van der Waals surface area contributed by atoms with E-state index in [-0.39, 0.29) is 29.6 Å². The van der Waals surface area contributed by atoms with Crippen molar-refractivity contribution in [3.05, 3.63) is 71.2 Å². The molecule has 0 radical (unpaired) electrons. The van der Waals surface area contributed by atoms with Gasteiger partial charge in [0.15, 0.2) is 5.76 Å². The van der Waals surface area contributed by atoms with Crippen molar-refractivity contribution in [2.75, 3.05) is 14.2 Å². The topological polar surface area (TPSA) is 132 Å². The molecule has 4 unspecified atom stereocenters. The summed E-state index contributed by atoms with van der Waals surface area (Å²) in [6.07, 6.45) is 15.2. The first-order valence-corrected chi connectivity index (χ1v) is 14.2. The number of nitrogens with one attached hydrogen (secondary N) is 3. The average Bonchev–Trinajstić information content (AvgIpc) is 2.94. The summed E-state index contributed by atoms with van der Waals surface area (Å²) in [5, 5.41) is 8.39. The molecule has 1 heterocycles. The molecule has 0 aromatic carbocycles. The number of esters is 1. The number of alkyl carbamates (subject to hydrolysis) is 1. The highest BCUT2D eigenvalue weighted by molar-refractivity contribution is 6.29. The summed E-state index contributed by atoms with van der Waals surface area (Å²) in [7, 11) is 2.91. The minimum atomic E-state index is -0.760. The van der Waals surface area contributed by atoms with Crippen LogP contribution in [-0.2, 0) is 28.6 Å². The van der Waals surface area contributed by atoms with Gasteiger partial charge in [-0.3, -0.25) is 9.59 Å². The van der Waals surface area contributed by atoms with Crippen LogP contribution in [0.3, 0.4) is 0 Å². The van der Waals surface area contributed by atoms with Crippen LogP contribution in [0.1, 0.15) is 53.9 Å². The van der Waals surface area contributed by atoms with Gasteiger partial charge in [0.1, 0.15) is 18.2 Å². The third-order valence-corrected chi connectivity index (χ3v) is 6.33. The Balaban J connectivity index is 2.64. The molecule has 42 heavy (non-hydrogen) atoms. The van der Waals surface area contributed by atoms with E-state index in [0.717, 1.165) is 5.57 Å². The maximum Gasteiger partial charge on any atom is 0.407 e. The Morgan fingerprint density at radius 1 is 1.14 bits per heavy atom. The van der Waals surface area contributed by atoms with Crippen LogP contribution in [0.2, 0.25) is 0 Å². The molecule has 0 aromatic heterocycles. The highest BCUT2D eigenvalue weighted by atomic mass is 35.5. The van der Waals surface area contributed by atoms with Gasteiger partial charge < -0.3 is 30.2 Å². The van der Waals surface area contributed by atoms with Gasteiger partial charge in [-0.25, -0.2) is 9.59 Å². The Hall–Kier alpha value is -3.79. The number of carbonyl (C=O) groups is 4. The largest absolute Gasteiger partial charge is 0.490 e. The normalized spacial score (nSPS) is 18.5. The van der Waals surface area contributed by atoms with Crippen molar-refractivity contribution >= 4 is 35.5 Å². The summed E-state index contributed by atoms with van der Waals surface area (Å²) in [6.45, 7) is 9.27. The van der Waals surface area contributed by atoms with E-state index < -0.39 is 30.1 Å². The number of methoxy groups -OCH3 is 1. The number of cyclic esters (lactones) is 1. The lowest BCUT2D eigenvalue weighted by atomic mass is 9.97. The first kappa shape index (κ1) is 36.2. The molecule has 0 bridgehead atoms. The van der Waals surface area contributed by atoms with Crippen molar-refractivity contribution in [1.29, 1.82) is 0 Å². The van der Waals surface area contributed by atoms with E-state index >= 15 is 0 Å². The molecule has 0 saturated carbocycles. The molecule has 11 heteroatoms. The van der Waals surface area contributed by atoms with Crippen molar-refractivity contribution in [2.45, 2.75) is 72.1 Å². The number of halogens is 1. The van der Waals surface area contributed by atoms with Gasteiger partial charge in [0.25, 0.3) is 0 Å². The van der Waals surface area contributed by atoms with Gasteiger partial charge in [-0.1, -0.05) is 74.4 Å². The van der Waals surface area contributed by atoms with Gasteiger partial charge in [-0.05, 0) is 32.0 Å². The zero-order valence-corrected chi connectivity index (χ0v) is 26.2. The number of hydrogen-bond acceptors (Lipinski definition) is 7. The van der Waals surface area contributed by atoms with Crippen molar-refractivity contribution in [1.82, 2.24) is 16.0 Å². The van der Waals surface area contributed by atoms with Crippen LogP contribution in [0, 0.1) is 11.8 Å². The van der Waals surface area contributed by atoms with Gasteiger partial charge in [0, 0.05) is 43.3 Å². The van der Waals surface area contributed by atoms with Crippen LogP contribution in [-0.4, -0.2) is 56.3 Å². The number of ether oxygens (including phenoxy) is 3. The van der Waals surface area contributed by atoms with Crippen LogP contribution in [0.25, 0.3) is 0 Å². The van der Waals surface area contributed by atoms with Gasteiger partial charge >= 0.3 is 12.1 Å². The summed E-state index contributed by atoms with van der Waals surface area (Å²) in [4.78, 5) is 48.7. The first-order chi connectivity index (χ1) is 19.9. The molecule has 3 N–H and O–H groups in total. The average molecular weight is 606 g/mol. The van der Waals surface area contributed by atoms with E-state index in [9.17, 15) is 19.2 Å². The SMILES string of the molecule is CNC(=O)OC(C/C=C\NC(=O)C(NC(=O)\C=C/C=C/C(C)=C/C(C)C1CC=C(OC)C(=O)O1)C(C)C)C/C=C(\C)Cl. The van der Waals surface area contributed by atoms with Crippen LogP contribution >= 0.6 is 11.6 Å². The van der Waals surface area contributed by atoms with E-state index in [0.29, 0.717) is 24.3 Å². The molecular weight excluding hydrogens is 562 g/mol. The Labute approximate surface area is 253 Å². The maximum absolute atomic E-state index is 12.7. The molecule has 1 rings (SSSR count). The van der Waals surface area contributed by atoms with Crippen LogP contribution in [0.15, 0.2) is 71.2 Å². The fraction of sp³-hybridized carbons (Fsp3) is 0.484. The number of carbonyl (C=O) groups excluding carboxylic acids is 4. The van der Waals surface area contributed by atoms with Gasteiger partial charge in [0.05, 0.1) is 7.11 Å². The Kier molecular flexibility index (Phi) is 16.7. The van der Waals surface area contributed by atoms with Crippen molar-refractivity contribution in [3.8, 4) is 0 Å². The highest BCUT2D eigenvalue weighted by Crippen LogP contribution is 2.22. The van der Waals surface area contributed by atoms with Crippen LogP contribution in [0.4, 0.5) is 4.79 Å². The second kappa shape index (κ2) is 19.4. The summed E-state index contributed by atoms with van der Waals surface area (Å²) >= 11 is 5.88. The first-order valence-electron chi connectivity index (χ1n) is 13.8. The van der Waals surface area contributed by atoms with E-state index in [2.05, 4.69) is 16.0 Å². The van der Waals surface area contributed by atoms with Gasteiger partial charge in [0.2, 0.25) is 11.8 Å². The molecule has 4 atom stereocenters. The predicted octanol–water partition coefficient (Wildman–Crippen LogP) is 4.95. The fourth-order valence-corrected chi connectivity index (χ4v) is 3.94. The zero-order chi connectivity index (χ0) is 31.7. The minimum absolute atomic E-state index is 0.0131. The van der Waals surface area contributed by atoms with E-state index in [4.69, 9.17) is 25.8 Å². The Morgan fingerprint density at radius 2 is 1.83 bits per heavy atom. The lowest BCUT2D eigenvalue weighted by Crippen LogP contribution is -2.48. The third-order valence-electron chi connectivity index (χ3n) is 6.17. The molecule has 3 amide bonds. The maximum atomic E-state index is 12.7. The predicted molar refractivity (Wildman–Crippen MR) is 163 cm³/mol. The molecule has 0 fully saturated rings. The Bertz CT molecular complexity index is 1120. The number of allylic oxidation sites excluding steroid dienone is 5. The van der Waals surface area contributed by atoms with Gasteiger partial charge in [-0.15, -0.1) is 0 Å². The Morgan fingerprint density at radius 3 is 2.43 bits per heavy atom. The molecule has 0 aliphatic carbocycles. The lowest BCUT2D eigenvalue weighted by molar-refractivity contribution is -0.151. The van der Waals surface area contributed by atoms with Gasteiger partial charge in [-0.2, -0.15) is 0 Å². The quantitative estimate of drug-likeness (QED) is 0.137. The molecule has 0 aromatic rings. The molecular formula is C31H44ClN3O7. The highest BCUT2D eigenvalue weighted by Gasteiger charge is 2.27. The standard InChI is InChI=1S/C31H44ClN3O7/c1-20(2)28(29(37)34-18-10-12-24(15-14-23(5)32)41-31(39)33-6)35-27(36)13-9-8-11-21(3)19-22(4)25-16-17-26(40-7)30(38)42-25/h8-11,13-14,17-20,22,24-25,28H,12,15-16H2,1-7H3,(H,33,39)(H,34,37)(H,35,36)/b11-8+,13-9-,18-10-,21-19+,23-14+. The number of rotatable bonds is 15. The summed E-state index contributed by atoms with van der Waals surface area (Å²) in [6, 6.07) is -0.760. The monoisotopic (exact) mass is 605 g/mol. The lowest BCUT2D eigenvalue weighted by Gasteiger charge is -2.25. The van der Waals surface area contributed by atoms with E-state index in [1.54, 1.807) is 37.3 Å². The summed E-state index contributed by atoms with van der Waals surface area (Å²) in [5.41, 5.74) is 0.938. The smallest absolute Gasteiger partial charge is 0.407 e. The molecule has 1 aliphatic rings. The summed E-state index contributed by atoms with van der Waals surface area (Å²) in [5.74, 6) is -1.20.